The lowest BCUT2D eigenvalue weighted by atomic mass is 10.1. The third-order valence-electron chi connectivity index (χ3n) is 4.07. The maximum absolute atomic E-state index is 12.2. The zero-order chi connectivity index (χ0) is 18.4. The average Bonchev–Trinajstić information content (AvgIpc) is 2.69. The van der Waals surface area contributed by atoms with Crippen molar-refractivity contribution < 1.29 is 4.79 Å². The summed E-state index contributed by atoms with van der Waals surface area (Å²) in [5.74, 6) is 0.253. The standard InChI is InChI=1S/C20H21N5O/c1-3-16-8-4-6-14(2)18(16)25-20-23-12-17(13-24-20)19(26)22-11-15-7-5-9-21-10-15/h4-10,12-13H,3,11H2,1-2H3,(H,22,26)(H,23,24,25). The summed E-state index contributed by atoms with van der Waals surface area (Å²) in [4.78, 5) is 24.8. The fraction of sp³-hybridized carbons (Fsp3) is 0.200. The monoisotopic (exact) mass is 347 g/mol. The van der Waals surface area contributed by atoms with Crippen LogP contribution >= 0.6 is 0 Å². The molecular weight excluding hydrogens is 326 g/mol. The Hall–Kier alpha value is -3.28. The van der Waals surface area contributed by atoms with Crippen LogP contribution in [0.2, 0.25) is 0 Å². The molecule has 0 saturated heterocycles. The lowest BCUT2D eigenvalue weighted by Gasteiger charge is -2.12. The van der Waals surface area contributed by atoms with Gasteiger partial charge in [-0.2, -0.15) is 0 Å². The molecule has 0 unspecified atom stereocenters. The molecule has 0 aliphatic carbocycles. The first-order chi connectivity index (χ1) is 12.7. The van der Waals surface area contributed by atoms with Crippen LogP contribution in [0.25, 0.3) is 0 Å². The first-order valence-electron chi connectivity index (χ1n) is 8.52. The van der Waals surface area contributed by atoms with Crippen LogP contribution in [-0.4, -0.2) is 20.9 Å². The summed E-state index contributed by atoms with van der Waals surface area (Å²) in [6, 6.07) is 9.90. The summed E-state index contributed by atoms with van der Waals surface area (Å²) >= 11 is 0. The number of anilines is 2. The van der Waals surface area contributed by atoms with E-state index < -0.39 is 0 Å². The van der Waals surface area contributed by atoms with Crippen molar-refractivity contribution in [1.82, 2.24) is 20.3 Å². The van der Waals surface area contributed by atoms with Crippen molar-refractivity contribution in [2.24, 2.45) is 0 Å². The first kappa shape index (κ1) is 17.5. The van der Waals surface area contributed by atoms with E-state index in [0.717, 1.165) is 23.2 Å². The van der Waals surface area contributed by atoms with Gasteiger partial charge in [0, 0.05) is 37.0 Å². The normalized spacial score (nSPS) is 10.4. The van der Waals surface area contributed by atoms with E-state index in [1.54, 1.807) is 12.4 Å². The van der Waals surface area contributed by atoms with E-state index in [4.69, 9.17) is 0 Å². The Balaban J connectivity index is 1.66. The Bertz CT molecular complexity index is 878. The molecule has 1 aromatic carbocycles. The summed E-state index contributed by atoms with van der Waals surface area (Å²) in [6.07, 6.45) is 7.38. The van der Waals surface area contributed by atoms with Crippen molar-refractivity contribution >= 4 is 17.5 Å². The van der Waals surface area contributed by atoms with Gasteiger partial charge in [0.15, 0.2) is 0 Å². The molecule has 3 rings (SSSR count). The fourth-order valence-electron chi connectivity index (χ4n) is 2.61. The van der Waals surface area contributed by atoms with Crippen molar-refractivity contribution in [2.75, 3.05) is 5.32 Å². The lowest BCUT2D eigenvalue weighted by Crippen LogP contribution is -2.23. The lowest BCUT2D eigenvalue weighted by molar-refractivity contribution is 0.0950. The molecular formula is C20H21N5O. The minimum absolute atomic E-state index is 0.217. The van der Waals surface area contributed by atoms with Crippen molar-refractivity contribution in [2.45, 2.75) is 26.8 Å². The highest BCUT2D eigenvalue weighted by Crippen LogP contribution is 2.23. The van der Waals surface area contributed by atoms with Crippen LogP contribution in [0.3, 0.4) is 0 Å². The van der Waals surface area contributed by atoms with Gasteiger partial charge in [0.05, 0.1) is 5.56 Å². The Kier molecular flexibility index (Phi) is 5.53. The highest BCUT2D eigenvalue weighted by molar-refractivity contribution is 5.93. The number of hydrogen-bond acceptors (Lipinski definition) is 5. The number of carbonyl (C=O) groups excluding carboxylic acids is 1. The van der Waals surface area contributed by atoms with Crippen LogP contribution in [0, 0.1) is 6.92 Å². The highest BCUT2D eigenvalue weighted by Gasteiger charge is 2.09. The van der Waals surface area contributed by atoms with E-state index in [9.17, 15) is 4.79 Å². The first-order valence-corrected chi connectivity index (χ1v) is 8.52. The number of amides is 1. The maximum Gasteiger partial charge on any atom is 0.254 e. The molecule has 0 atom stereocenters. The van der Waals surface area contributed by atoms with E-state index in [1.165, 1.54) is 18.0 Å². The molecule has 1 amide bonds. The molecule has 0 spiro atoms. The molecule has 2 aromatic heterocycles. The Morgan fingerprint density at radius 3 is 2.58 bits per heavy atom. The van der Waals surface area contributed by atoms with Crippen molar-refractivity contribution in [3.05, 3.63) is 77.4 Å². The summed E-state index contributed by atoms with van der Waals surface area (Å²) in [5.41, 5.74) is 4.70. The smallest absolute Gasteiger partial charge is 0.254 e. The molecule has 2 N–H and O–H groups in total. The molecule has 6 heteroatoms. The van der Waals surface area contributed by atoms with Crippen molar-refractivity contribution in [1.29, 1.82) is 0 Å². The van der Waals surface area contributed by atoms with E-state index in [1.807, 2.05) is 31.2 Å². The van der Waals surface area contributed by atoms with Gasteiger partial charge in [-0.3, -0.25) is 9.78 Å². The van der Waals surface area contributed by atoms with Gasteiger partial charge < -0.3 is 10.6 Å². The topological polar surface area (TPSA) is 79.8 Å². The molecule has 26 heavy (non-hydrogen) atoms. The predicted octanol–water partition coefficient (Wildman–Crippen LogP) is 3.42. The van der Waals surface area contributed by atoms with Gasteiger partial charge in [-0.15, -0.1) is 0 Å². The largest absolute Gasteiger partial charge is 0.348 e. The second-order valence-corrected chi connectivity index (χ2v) is 5.93. The molecule has 0 radical (unpaired) electrons. The van der Waals surface area contributed by atoms with Crippen LogP contribution in [0.15, 0.2) is 55.1 Å². The van der Waals surface area contributed by atoms with Crippen LogP contribution in [0.5, 0.6) is 0 Å². The van der Waals surface area contributed by atoms with E-state index in [-0.39, 0.29) is 5.91 Å². The number of hydrogen-bond donors (Lipinski definition) is 2. The zero-order valence-electron chi connectivity index (χ0n) is 14.9. The fourth-order valence-corrected chi connectivity index (χ4v) is 2.61. The minimum Gasteiger partial charge on any atom is -0.348 e. The second-order valence-electron chi connectivity index (χ2n) is 5.93. The van der Waals surface area contributed by atoms with E-state index >= 15 is 0 Å². The molecule has 2 heterocycles. The number of benzene rings is 1. The summed E-state index contributed by atoms with van der Waals surface area (Å²) in [7, 11) is 0. The summed E-state index contributed by atoms with van der Waals surface area (Å²) in [5, 5.41) is 6.09. The van der Waals surface area contributed by atoms with Gasteiger partial charge in [-0.1, -0.05) is 31.2 Å². The van der Waals surface area contributed by atoms with Gasteiger partial charge in [-0.05, 0) is 36.1 Å². The molecule has 0 aliphatic heterocycles. The predicted molar refractivity (Wildman–Crippen MR) is 101 cm³/mol. The number of carbonyl (C=O) groups is 1. The Morgan fingerprint density at radius 2 is 1.88 bits per heavy atom. The van der Waals surface area contributed by atoms with Crippen LogP contribution in [-0.2, 0) is 13.0 Å². The summed E-state index contributed by atoms with van der Waals surface area (Å²) in [6.45, 7) is 4.56. The van der Waals surface area contributed by atoms with Crippen LogP contribution < -0.4 is 10.6 Å². The number of nitrogens with one attached hydrogen (secondary N) is 2. The van der Waals surface area contributed by atoms with Gasteiger partial charge in [0.25, 0.3) is 5.91 Å². The molecule has 0 fully saturated rings. The van der Waals surface area contributed by atoms with Gasteiger partial charge >= 0.3 is 0 Å². The van der Waals surface area contributed by atoms with Crippen LogP contribution in [0.1, 0.15) is 34.0 Å². The zero-order valence-corrected chi connectivity index (χ0v) is 14.9. The third-order valence-corrected chi connectivity index (χ3v) is 4.07. The molecule has 0 saturated carbocycles. The Labute approximate surface area is 152 Å². The van der Waals surface area contributed by atoms with E-state index in [0.29, 0.717) is 18.1 Å². The van der Waals surface area contributed by atoms with Crippen molar-refractivity contribution in [3.63, 3.8) is 0 Å². The third kappa shape index (κ3) is 4.22. The summed E-state index contributed by atoms with van der Waals surface area (Å²) < 4.78 is 0. The Morgan fingerprint density at radius 1 is 1.08 bits per heavy atom. The average molecular weight is 347 g/mol. The second kappa shape index (κ2) is 8.20. The highest BCUT2D eigenvalue weighted by atomic mass is 16.1. The number of rotatable bonds is 6. The number of pyridine rings is 1. The number of aryl methyl sites for hydroxylation is 2. The number of para-hydroxylation sites is 1. The minimum atomic E-state index is -0.217. The molecule has 0 bridgehead atoms. The van der Waals surface area contributed by atoms with Gasteiger partial charge in [0.2, 0.25) is 5.95 Å². The van der Waals surface area contributed by atoms with Crippen molar-refractivity contribution in [3.8, 4) is 0 Å². The maximum atomic E-state index is 12.2. The number of aromatic nitrogens is 3. The quantitative estimate of drug-likeness (QED) is 0.714. The molecule has 0 aliphatic rings. The SMILES string of the molecule is CCc1cccc(C)c1Nc1ncc(C(=O)NCc2cccnc2)cn1. The number of nitrogens with zero attached hydrogens (tertiary/aromatic N) is 3. The van der Waals surface area contributed by atoms with Crippen LogP contribution in [0.4, 0.5) is 11.6 Å². The van der Waals surface area contributed by atoms with E-state index in [2.05, 4.69) is 38.6 Å². The van der Waals surface area contributed by atoms with Gasteiger partial charge in [0.1, 0.15) is 0 Å². The molecule has 6 nitrogen and oxygen atoms in total. The molecule has 3 aromatic rings. The molecule has 132 valence electrons. The van der Waals surface area contributed by atoms with Gasteiger partial charge in [-0.25, -0.2) is 9.97 Å².